The number of hydrogen-bond donors (Lipinski definition) is 0. The third kappa shape index (κ3) is 28.1. The van der Waals surface area contributed by atoms with Gasteiger partial charge in [-0.15, -0.1) is 0 Å². The normalized spacial score (nSPS) is 11.2. The van der Waals surface area contributed by atoms with Crippen LogP contribution in [0.5, 0.6) is 0 Å². The molecule has 236 valence electrons. The molecule has 0 aromatic carbocycles. The Morgan fingerprint density at radius 3 is 0.850 bits per heavy atom. The number of ether oxygens (including phenoxy) is 2. The molecule has 0 saturated carbocycles. The van der Waals surface area contributed by atoms with Crippen molar-refractivity contribution in [2.45, 2.75) is 207 Å². The third-order valence-corrected chi connectivity index (χ3v) is 7.78. The Morgan fingerprint density at radius 2 is 0.625 bits per heavy atom. The average Bonchev–Trinajstić information content (AvgIpc) is 2.93. The van der Waals surface area contributed by atoms with Gasteiger partial charge in [0.2, 0.25) is 5.78 Å². The predicted octanol–water partition coefficient (Wildman–Crippen LogP) is 11.0. The van der Waals surface area contributed by atoms with Crippen LogP contribution in [0, 0.1) is 0 Å². The van der Waals surface area contributed by atoms with E-state index in [1.807, 2.05) is 0 Å². The van der Waals surface area contributed by atoms with Crippen molar-refractivity contribution < 1.29 is 23.9 Å². The molecule has 0 aliphatic heterocycles. The molecule has 0 aliphatic carbocycles. The Balaban J connectivity index is 3.68. The minimum Gasteiger partial charge on any atom is -0.417 e. The number of ketones is 1. The second-order valence-corrected chi connectivity index (χ2v) is 11.9. The van der Waals surface area contributed by atoms with Gasteiger partial charge in [-0.25, -0.2) is 0 Å². The first-order valence-electron chi connectivity index (χ1n) is 17.4. The molecule has 0 aromatic heterocycles. The van der Waals surface area contributed by atoms with E-state index in [4.69, 9.17) is 9.47 Å². The molecule has 0 aliphatic rings. The van der Waals surface area contributed by atoms with Crippen molar-refractivity contribution in [3.05, 3.63) is 0 Å². The first kappa shape index (κ1) is 38.6. The van der Waals surface area contributed by atoms with E-state index in [1.165, 1.54) is 135 Å². The van der Waals surface area contributed by atoms with Crippen molar-refractivity contribution in [1.82, 2.24) is 0 Å². The maximum absolute atomic E-state index is 12.2. The lowest BCUT2D eigenvalue weighted by atomic mass is 10.0. The van der Waals surface area contributed by atoms with Gasteiger partial charge in [0.25, 0.3) is 0 Å². The molecule has 0 rings (SSSR count). The molecule has 0 unspecified atom stereocenters. The molecule has 0 saturated heterocycles. The number of esters is 2. The summed E-state index contributed by atoms with van der Waals surface area (Å²) < 4.78 is 10.4. The van der Waals surface area contributed by atoms with Crippen LogP contribution in [0.2, 0.25) is 0 Å². The Hall–Kier alpha value is -1.39. The summed E-state index contributed by atoms with van der Waals surface area (Å²) in [5.41, 5.74) is 0. The maximum Gasteiger partial charge on any atom is 0.309 e. The number of hydrogen-bond acceptors (Lipinski definition) is 5. The molecule has 0 heterocycles. The zero-order chi connectivity index (χ0) is 29.5. The highest BCUT2D eigenvalue weighted by Gasteiger charge is 2.23. The second-order valence-electron chi connectivity index (χ2n) is 11.9. The molecule has 0 bridgehead atoms. The zero-order valence-electron chi connectivity index (χ0n) is 26.9. The van der Waals surface area contributed by atoms with Gasteiger partial charge in [0.05, 0.1) is 0 Å². The van der Waals surface area contributed by atoms with E-state index in [1.54, 1.807) is 0 Å². The van der Waals surface area contributed by atoms with Crippen LogP contribution >= 0.6 is 0 Å². The topological polar surface area (TPSA) is 69.7 Å². The minimum absolute atomic E-state index is 0.262. The molecule has 0 radical (unpaired) electrons. The molecular weight excluding hydrogens is 500 g/mol. The second kappa shape index (κ2) is 30.6. The van der Waals surface area contributed by atoms with Gasteiger partial charge in [-0.3, -0.25) is 14.4 Å². The quantitative estimate of drug-likeness (QED) is 0.0474. The molecule has 5 heteroatoms. The third-order valence-electron chi connectivity index (χ3n) is 7.78. The average molecular weight is 567 g/mol. The summed E-state index contributed by atoms with van der Waals surface area (Å²) in [5.74, 6) is -1.37. The van der Waals surface area contributed by atoms with Gasteiger partial charge in [0.15, 0.2) is 0 Å². The van der Waals surface area contributed by atoms with Crippen molar-refractivity contribution in [3.63, 3.8) is 0 Å². The highest BCUT2D eigenvalue weighted by molar-refractivity contribution is 5.84. The maximum atomic E-state index is 12.2. The molecule has 0 N–H and O–H groups in total. The van der Waals surface area contributed by atoms with Gasteiger partial charge in [0, 0.05) is 19.8 Å². The first-order chi connectivity index (χ1) is 19.5. The van der Waals surface area contributed by atoms with E-state index in [0.29, 0.717) is 0 Å². The van der Waals surface area contributed by atoms with E-state index >= 15 is 0 Å². The van der Waals surface area contributed by atoms with Crippen molar-refractivity contribution >= 4 is 17.7 Å². The minimum atomic E-state index is -1.40. The van der Waals surface area contributed by atoms with Gasteiger partial charge >= 0.3 is 18.2 Å². The summed E-state index contributed by atoms with van der Waals surface area (Å²) in [5, 5.41) is 0. The Bertz CT molecular complexity index is 544. The summed E-state index contributed by atoms with van der Waals surface area (Å²) >= 11 is 0. The molecule has 5 nitrogen and oxygen atoms in total. The van der Waals surface area contributed by atoms with E-state index < -0.39 is 24.0 Å². The van der Waals surface area contributed by atoms with Gasteiger partial charge < -0.3 is 9.47 Å². The number of rotatable bonds is 31. The highest BCUT2D eigenvalue weighted by atomic mass is 16.7. The fraction of sp³-hybridized carbons (Fsp3) is 0.914. The highest BCUT2D eigenvalue weighted by Crippen LogP contribution is 2.15. The molecule has 0 spiro atoms. The summed E-state index contributed by atoms with van der Waals surface area (Å²) in [4.78, 5) is 36.2. The van der Waals surface area contributed by atoms with Crippen LogP contribution in [-0.2, 0) is 23.9 Å². The molecule has 0 amide bonds. The Morgan fingerprint density at radius 1 is 0.400 bits per heavy atom. The molecule has 0 atom stereocenters. The van der Waals surface area contributed by atoms with Crippen LogP contribution in [0.25, 0.3) is 0 Å². The van der Waals surface area contributed by atoms with E-state index in [2.05, 4.69) is 13.8 Å². The van der Waals surface area contributed by atoms with Crippen LogP contribution in [0.1, 0.15) is 201 Å². The predicted molar refractivity (Wildman–Crippen MR) is 167 cm³/mol. The Labute approximate surface area is 248 Å². The fourth-order valence-corrected chi connectivity index (χ4v) is 5.12. The Kier molecular flexibility index (Phi) is 29.5. The van der Waals surface area contributed by atoms with Crippen molar-refractivity contribution in [3.8, 4) is 0 Å². The van der Waals surface area contributed by atoms with Gasteiger partial charge in [-0.05, 0) is 12.8 Å². The lowest BCUT2D eigenvalue weighted by molar-refractivity contribution is -0.191. The lowest BCUT2D eigenvalue weighted by Gasteiger charge is -2.15. The standard InChI is InChI=1S/C35H66O5/c1-4-6-8-10-12-14-16-18-20-22-24-26-28-30-33(37)39-35(32(3)36)40-34(38)31-29-27-25-23-21-19-17-15-13-11-9-7-5-2/h35H,4-31H2,1-3H3. The van der Waals surface area contributed by atoms with Crippen LogP contribution in [0.4, 0.5) is 0 Å². The van der Waals surface area contributed by atoms with Crippen molar-refractivity contribution in [2.24, 2.45) is 0 Å². The number of Topliss-reactive ketones (excluding diaryl/α,β-unsaturated/α-hetero) is 1. The molecular formula is C35H66O5. The zero-order valence-corrected chi connectivity index (χ0v) is 26.9. The number of carbonyl (C=O) groups excluding carboxylic acids is 3. The smallest absolute Gasteiger partial charge is 0.309 e. The SMILES string of the molecule is CCCCCCCCCCCCCCCC(=O)OC(OC(=O)CCCCCCCCCCCCCCC)C(C)=O. The fourth-order valence-electron chi connectivity index (χ4n) is 5.12. The summed E-state index contributed by atoms with van der Waals surface area (Å²) in [6.07, 6.45) is 31.4. The van der Waals surface area contributed by atoms with Gasteiger partial charge in [-0.1, -0.05) is 168 Å². The van der Waals surface area contributed by atoms with Crippen LogP contribution in [0.3, 0.4) is 0 Å². The molecule has 40 heavy (non-hydrogen) atoms. The van der Waals surface area contributed by atoms with Crippen molar-refractivity contribution in [1.29, 1.82) is 0 Å². The molecule has 0 aromatic rings. The van der Waals surface area contributed by atoms with E-state index in [9.17, 15) is 14.4 Å². The van der Waals surface area contributed by atoms with Crippen molar-refractivity contribution in [2.75, 3.05) is 0 Å². The van der Waals surface area contributed by atoms with E-state index in [-0.39, 0.29) is 12.8 Å². The van der Waals surface area contributed by atoms with Gasteiger partial charge in [0.1, 0.15) is 0 Å². The monoisotopic (exact) mass is 566 g/mol. The van der Waals surface area contributed by atoms with Crippen LogP contribution in [-0.4, -0.2) is 24.0 Å². The van der Waals surface area contributed by atoms with E-state index in [0.717, 1.165) is 38.5 Å². The van der Waals surface area contributed by atoms with Crippen LogP contribution in [0.15, 0.2) is 0 Å². The summed E-state index contributed by atoms with van der Waals surface area (Å²) in [6.45, 7) is 5.80. The summed E-state index contributed by atoms with van der Waals surface area (Å²) in [7, 11) is 0. The summed E-state index contributed by atoms with van der Waals surface area (Å²) in [6, 6.07) is 0. The molecule has 0 fully saturated rings. The van der Waals surface area contributed by atoms with Gasteiger partial charge in [-0.2, -0.15) is 0 Å². The number of carbonyl (C=O) groups is 3. The largest absolute Gasteiger partial charge is 0.417 e. The number of unbranched alkanes of at least 4 members (excludes halogenated alkanes) is 24. The van der Waals surface area contributed by atoms with Crippen LogP contribution < -0.4 is 0 Å². The lowest BCUT2D eigenvalue weighted by Crippen LogP contribution is -2.30. The first-order valence-corrected chi connectivity index (χ1v) is 17.4.